The van der Waals surface area contributed by atoms with Gasteiger partial charge in [-0.05, 0) is 36.8 Å². The summed E-state index contributed by atoms with van der Waals surface area (Å²) in [6, 6.07) is 13.8. The Morgan fingerprint density at radius 2 is 2.00 bits per heavy atom. The fourth-order valence-electron chi connectivity index (χ4n) is 2.90. The van der Waals surface area contributed by atoms with E-state index in [1.165, 1.54) is 10.8 Å². The van der Waals surface area contributed by atoms with Crippen LogP contribution in [0, 0.1) is 5.41 Å². The molecule has 0 aliphatic heterocycles. The van der Waals surface area contributed by atoms with Crippen molar-refractivity contribution in [2.75, 3.05) is 11.9 Å². The molecule has 0 saturated carbocycles. The number of anilines is 2. The predicted octanol–water partition coefficient (Wildman–Crippen LogP) is 2.12. The molecule has 3 aromatic rings. The molecule has 9 nitrogen and oxygen atoms in total. The molecule has 1 amide bonds. The summed E-state index contributed by atoms with van der Waals surface area (Å²) in [6.45, 7) is 2.24. The lowest BCUT2D eigenvalue weighted by molar-refractivity contribution is -0.139. The van der Waals surface area contributed by atoms with Crippen LogP contribution in [0.2, 0.25) is 0 Å². The van der Waals surface area contributed by atoms with E-state index in [1.54, 1.807) is 67.8 Å². The molecular formula is C22H24N6O3. The first-order valence-electron chi connectivity index (χ1n) is 9.70. The SMILES string of the molecule is CCOC(C(=O)NCc1ccc(C(=N)N)cc1)n1cccc(Nc2cccnc2)c1=O. The fourth-order valence-corrected chi connectivity index (χ4v) is 2.90. The van der Waals surface area contributed by atoms with Gasteiger partial charge in [0, 0.05) is 31.1 Å². The van der Waals surface area contributed by atoms with Crippen LogP contribution in [0.1, 0.15) is 24.3 Å². The monoisotopic (exact) mass is 420 g/mol. The van der Waals surface area contributed by atoms with Gasteiger partial charge in [-0.1, -0.05) is 24.3 Å². The summed E-state index contributed by atoms with van der Waals surface area (Å²) in [4.78, 5) is 29.8. The molecule has 31 heavy (non-hydrogen) atoms. The van der Waals surface area contributed by atoms with Crippen molar-refractivity contribution in [1.82, 2.24) is 14.9 Å². The summed E-state index contributed by atoms with van der Waals surface area (Å²) >= 11 is 0. The molecule has 0 aliphatic carbocycles. The number of nitrogens with two attached hydrogens (primary N) is 1. The van der Waals surface area contributed by atoms with Crippen LogP contribution >= 0.6 is 0 Å². The number of hydrogen-bond acceptors (Lipinski definition) is 6. The molecule has 3 rings (SSSR count). The normalized spacial score (nSPS) is 11.5. The molecule has 5 N–H and O–H groups in total. The van der Waals surface area contributed by atoms with E-state index in [0.29, 0.717) is 16.9 Å². The smallest absolute Gasteiger partial charge is 0.276 e. The first kappa shape index (κ1) is 21.7. The highest BCUT2D eigenvalue weighted by Crippen LogP contribution is 2.14. The number of nitrogen functional groups attached to an aromatic ring is 1. The van der Waals surface area contributed by atoms with E-state index in [9.17, 15) is 9.59 Å². The minimum atomic E-state index is -1.12. The van der Waals surface area contributed by atoms with E-state index in [2.05, 4.69) is 15.6 Å². The number of amidine groups is 1. The maximum Gasteiger partial charge on any atom is 0.276 e. The first-order chi connectivity index (χ1) is 15.0. The summed E-state index contributed by atoms with van der Waals surface area (Å²) in [5, 5.41) is 13.2. The van der Waals surface area contributed by atoms with Gasteiger partial charge >= 0.3 is 0 Å². The van der Waals surface area contributed by atoms with Gasteiger partial charge in [-0.15, -0.1) is 0 Å². The number of rotatable bonds is 9. The third kappa shape index (κ3) is 5.55. The number of pyridine rings is 2. The standard InChI is InChI=1S/C22H24N6O3/c1-2-31-22(20(29)26-13-15-7-9-16(10-8-15)19(23)24)28-12-4-6-18(21(28)30)27-17-5-3-11-25-14-17/h3-12,14,22,27H,2,13H2,1H3,(H3,23,24)(H,26,29). The molecule has 9 heteroatoms. The van der Waals surface area contributed by atoms with E-state index < -0.39 is 17.7 Å². The molecule has 2 heterocycles. The van der Waals surface area contributed by atoms with Crippen LogP contribution < -0.4 is 21.9 Å². The quantitative estimate of drug-likeness (QED) is 0.309. The van der Waals surface area contributed by atoms with E-state index in [1.807, 2.05) is 0 Å². The highest BCUT2D eigenvalue weighted by atomic mass is 16.5. The van der Waals surface area contributed by atoms with Gasteiger partial charge in [0.25, 0.3) is 11.5 Å². The molecule has 0 saturated heterocycles. The summed E-state index contributed by atoms with van der Waals surface area (Å²) in [7, 11) is 0. The van der Waals surface area contributed by atoms with Gasteiger partial charge in [0.05, 0.1) is 11.9 Å². The van der Waals surface area contributed by atoms with Gasteiger partial charge in [0.1, 0.15) is 11.5 Å². The Balaban J connectivity index is 1.76. The topological polar surface area (TPSA) is 135 Å². The summed E-state index contributed by atoms with van der Waals surface area (Å²) in [5.74, 6) is -0.468. The maximum absolute atomic E-state index is 13.0. The number of nitrogens with one attached hydrogen (secondary N) is 3. The van der Waals surface area contributed by atoms with Crippen LogP contribution in [-0.2, 0) is 16.1 Å². The predicted molar refractivity (Wildman–Crippen MR) is 118 cm³/mol. The van der Waals surface area contributed by atoms with Gasteiger partial charge in [0.15, 0.2) is 0 Å². The second-order valence-corrected chi connectivity index (χ2v) is 6.64. The first-order valence-corrected chi connectivity index (χ1v) is 9.70. The number of carbonyl (C=O) groups excluding carboxylic acids is 1. The average Bonchev–Trinajstić information content (AvgIpc) is 2.78. The molecule has 160 valence electrons. The number of carbonyl (C=O) groups is 1. The minimum Gasteiger partial charge on any atom is -0.384 e. The molecule has 1 atom stereocenters. The Hall–Kier alpha value is -3.98. The van der Waals surface area contributed by atoms with Crippen LogP contribution in [0.4, 0.5) is 11.4 Å². The van der Waals surface area contributed by atoms with E-state index in [4.69, 9.17) is 15.9 Å². The maximum atomic E-state index is 13.0. The lowest BCUT2D eigenvalue weighted by Gasteiger charge is -2.20. The van der Waals surface area contributed by atoms with E-state index in [0.717, 1.165) is 5.56 Å². The van der Waals surface area contributed by atoms with Crippen molar-refractivity contribution in [1.29, 1.82) is 5.41 Å². The van der Waals surface area contributed by atoms with Gasteiger partial charge in [-0.25, -0.2) is 0 Å². The van der Waals surface area contributed by atoms with E-state index in [-0.39, 0.29) is 19.0 Å². The zero-order valence-corrected chi connectivity index (χ0v) is 17.0. The van der Waals surface area contributed by atoms with Gasteiger partial charge in [-0.2, -0.15) is 0 Å². The van der Waals surface area contributed by atoms with Crippen molar-refractivity contribution >= 4 is 23.1 Å². The summed E-state index contributed by atoms with van der Waals surface area (Å²) in [5.41, 5.74) is 7.44. The second-order valence-electron chi connectivity index (χ2n) is 6.64. The van der Waals surface area contributed by atoms with Crippen molar-refractivity contribution in [3.63, 3.8) is 0 Å². The zero-order chi connectivity index (χ0) is 22.2. The Morgan fingerprint density at radius 3 is 2.65 bits per heavy atom. The van der Waals surface area contributed by atoms with E-state index >= 15 is 0 Å². The van der Waals surface area contributed by atoms with Crippen molar-refractivity contribution in [3.8, 4) is 0 Å². The lowest BCUT2D eigenvalue weighted by atomic mass is 10.1. The van der Waals surface area contributed by atoms with Crippen LogP contribution in [-0.4, -0.2) is 27.9 Å². The second kappa shape index (κ2) is 10.2. The van der Waals surface area contributed by atoms with Crippen molar-refractivity contribution in [3.05, 3.63) is 88.6 Å². The fraction of sp³-hybridized carbons (Fsp3) is 0.182. The third-order valence-corrected chi connectivity index (χ3v) is 4.45. The van der Waals surface area contributed by atoms with Gasteiger partial charge in [0.2, 0.25) is 6.23 Å². The summed E-state index contributed by atoms with van der Waals surface area (Å²) < 4.78 is 6.83. The third-order valence-electron chi connectivity index (χ3n) is 4.45. The van der Waals surface area contributed by atoms with Crippen molar-refractivity contribution in [2.45, 2.75) is 19.7 Å². The molecule has 0 spiro atoms. The molecule has 1 unspecified atom stereocenters. The average molecular weight is 420 g/mol. The Labute approximate surface area is 179 Å². The van der Waals surface area contributed by atoms with Crippen LogP contribution in [0.3, 0.4) is 0 Å². The Bertz CT molecular complexity index is 1100. The zero-order valence-electron chi connectivity index (χ0n) is 17.0. The largest absolute Gasteiger partial charge is 0.384 e. The van der Waals surface area contributed by atoms with Crippen LogP contribution in [0.25, 0.3) is 0 Å². The highest BCUT2D eigenvalue weighted by Gasteiger charge is 2.22. The van der Waals surface area contributed by atoms with Gasteiger partial charge in [-0.3, -0.25) is 24.5 Å². The summed E-state index contributed by atoms with van der Waals surface area (Å²) in [6.07, 6.45) is 3.63. The Kier molecular flexibility index (Phi) is 7.13. The number of amides is 1. The lowest BCUT2D eigenvalue weighted by Crippen LogP contribution is -2.38. The molecule has 0 radical (unpaired) electrons. The number of nitrogens with zero attached hydrogens (tertiary/aromatic N) is 2. The highest BCUT2D eigenvalue weighted by molar-refractivity contribution is 5.94. The number of hydrogen-bond donors (Lipinski definition) is 4. The molecule has 0 fully saturated rings. The van der Waals surface area contributed by atoms with Crippen molar-refractivity contribution in [2.24, 2.45) is 5.73 Å². The molecule has 0 aliphatic rings. The van der Waals surface area contributed by atoms with Crippen LogP contribution in [0.15, 0.2) is 71.9 Å². The van der Waals surface area contributed by atoms with Crippen molar-refractivity contribution < 1.29 is 9.53 Å². The van der Waals surface area contributed by atoms with Gasteiger partial charge < -0.3 is 21.1 Å². The number of ether oxygens (including phenoxy) is 1. The molecular weight excluding hydrogens is 396 g/mol. The number of aromatic nitrogens is 2. The van der Waals surface area contributed by atoms with Crippen LogP contribution in [0.5, 0.6) is 0 Å². The number of benzene rings is 1. The molecule has 1 aromatic carbocycles. The minimum absolute atomic E-state index is 0.0221. The molecule has 2 aromatic heterocycles. The molecule has 0 bridgehead atoms. The Morgan fingerprint density at radius 1 is 1.23 bits per heavy atom.